The molecule has 2 aromatic heterocycles. The Morgan fingerprint density at radius 3 is 2.72 bits per heavy atom. The van der Waals surface area contributed by atoms with Crippen molar-refractivity contribution in [2.24, 2.45) is 4.99 Å². The minimum Gasteiger partial charge on any atom is -0.341 e. The predicted molar refractivity (Wildman–Crippen MR) is 124 cm³/mol. The number of aryl methyl sites for hydroxylation is 1. The molecular weight excluding hydrogens is 444 g/mol. The normalized spacial score (nSPS) is 23.4. The molecule has 0 aliphatic carbocycles. The van der Waals surface area contributed by atoms with Gasteiger partial charge in [0.1, 0.15) is 6.04 Å². The number of pyridine rings is 1. The molecule has 29 heavy (non-hydrogen) atoms. The number of aliphatic imine (C=N–C) groups is 1. The van der Waals surface area contributed by atoms with Gasteiger partial charge in [-0.05, 0) is 55.8 Å². The molecule has 1 fully saturated rings. The van der Waals surface area contributed by atoms with E-state index in [0.29, 0.717) is 5.25 Å². The first-order valence-corrected chi connectivity index (χ1v) is 11.6. The molecule has 0 amide bonds. The van der Waals surface area contributed by atoms with Crippen LogP contribution in [0.25, 0.3) is 5.69 Å². The second kappa shape index (κ2) is 7.33. The number of benzene rings is 1. The minimum absolute atomic E-state index is 0.0302. The Hall–Kier alpha value is -2.05. The highest BCUT2D eigenvalue weighted by Crippen LogP contribution is 2.48. The third-order valence-corrected chi connectivity index (χ3v) is 7.33. The van der Waals surface area contributed by atoms with E-state index in [0.717, 1.165) is 21.9 Å². The van der Waals surface area contributed by atoms with Crippen molar-refractivity contribution >= 4 is 32.9 Å². The highest BCUT2D eigenvalue weighted by Gasteiger charge is 2.44. The van der Waals surface area contributed by atoms with E-state index < -0.39 is 0 Å². The van der Waals surface area contributed by atoms with Crippen molar-refractivity contribution in [2.45, 2.75) is 38.1 Å². The second-order valence-electron chi connectivity index (χ2n) is 7.78. The number of fused-ring (bicyclic) bond motifs is 1. The molecule has 2 aliphatic heterocycles. The quantitative estimate of drug-likeness (QED) is 0.485. The lowest BCUT2D eigenvalue weighted by Crippen LogP contribution is -2.28. The van der Waals surface area contributed by atoms with Gasteiger partial charge in [-0.2, -0.15) is 0 Å². The molecule has 4 nitrogen and oxygen atoms in total. The van der Waals surface area contributed by atoms with Crippen LogP contribution in [-0.4, -0.2) is 31.4 Å². The van der Waals surface area contributed by atoms with E-state index >= 15 is 0 Å². The molecule has 6 heteroatoms. The van der Waals surface area contributed by atoms with Gasteiger partial charge in [-0.15, -0.1) is 0 Å². The molecule has 1 aromatic carbocycles. The molecule has 0 N–H and O–H groups in total. The van der Waals surface area contributed by atoms with E-state index in [9.17, 15) is 0 Å². The van der Waals surface area contributed by atoms with Crippen LogP contribution in [0.4, 0.5) is 0 Å². The van der Waals surface area contributed by atoms with Crippen LogP contribution in [0.5, 0.6) is 0 Å². The number of rotatable bonds is 3. The van der Waals surface area contributed by atoms with E-state index in [2.05, 4.69) is 93.6 Å². The van der Waals surface area contributed by atoms with Crippen molar-refractivity contribution in [3.63, 3.8) is 0 Å². The van der Waals surface area contributed by atoms with Crippen LogP contribution in [0.15, 0.2) is 64.2 Å². The molecule has 0 radical (unpaired) electrons. The van der Waals surface area contributed by atoms with Gasteiger partial charge in [0.15, 0.2) is 5.17 Å². The van der Waals surface area contributed by atoms with Crippen molar-refractivity contribution in [3.8, 4) is 5.69 Å². The van der Waals surface area contributed by atoms with Crippen molar-refractivity contribution in [1.82, 2.24) is 14.5 Å². The Bertz CT molecular complexity index is 1090. The van der Waals surface area contributed by atoms with Gasteiger partial charge in [-0.25, -0.2) is 0 Å². The Morgan fingerprint density at radius 1 is 1.10 bits per heavy atom. The monoisotopic (exact) mass is 466 g/mol. The van der Waals surface area contributed by atoms with Gasteiger partial charge in [0.25, 0.3) is 0 Å². The maximum atomic E-state index is 5.12. The van der Waals surface area contributed by atoms with E-state index in [1.54, 1.807) is 0 Å². The lowest BCUT2D eigenvalue weighted by molar-refractivity contribution is 0.320. The fourth-order valence-electron chi connectivity index (χ4n) is 4.55. The third-order valence-electron chi connectivity index (χ3n) is 5.74. The summed E-state index contributed by atoms with van der Waals surface area (Å²) in [6, 6.07) is 17.2. The Balaban J connectivity index is 1.63. The number of hydrogen-bond donors (Lipinski definition) is 0. The van der Waals surface area contributed by atoms with Crippen molar-refractivity contribution in [2.75, 3.05) is 6.54 Å². The molecule has 0 bridgehead atoms. The number of halogens is 1. The molecule has 1 saturated heterocycles. The number of amidine groups is 1. The number of thioether (sulfide) groups is 1. The summed E-state index contributed by atoms with van der Waals surface area (Å²) in [6.07, 6.45) is 1.87. The second-order valence-corrected chi connectivity index (χ2v) is 10.1. The molecular formula is C23H23BrN4S. The zero-order chi connectivity index (χ0) is 20.1. The zero-order valence-electron chi connectivity index (χ0n) is 16.7. The summed E-state index contributed by atoms with van der Waals surface area (Å²) in [5.74, 6) is 0. The molecule has 0 unspecified atom stereocenters. The average Bonchev–Trinajstić information content (AvgIpc) is 3.32. The molecule has 2 aliphatic rings. The van der Waals surface area contributed by atoms with E-state index in [1.165, 1.54) is 22.6 Å². The summed E-state index contributed by atoms with van der Waals surface area (Å²) in [4.78, 5) is 12.3. The summed E-state index contributed by atoms with van der Waals surface area (Å²) in [5, 5.41) is 1.72. The van der Waals surface area contributed by atoms with Crippen LogP contribution < -0.4 is 0 Å². The van der Waals surface area contributed by atoms with Gasteiger partial charge in [-0.1, -0.05) is 46.7 Å². The number of hydrogen-bond acceptors (Lipinski definition) is 4. The summed E-state index contributed by atoms with van der Waals surface area (Å²) in [6.45, 7) is 7.72. The summed E-state index contributed by atoms with van der Waals surface area (Å²) in [5.41, 5.74) is 6.07. The van der Waals surface area contributed by atoms with Crippen molar-refractivity contribution in [1.29, 1.82) is 0 Å². The topological polar surface area (TPSA) is 33.4 Å². The lowest BCUT2D eigenvalue weighted by Gasteiger charge is -2.27. The van der Waals surface area contributed by atoms with Gasteiger partial charge in [0, 0.05) is 39.5 Å². The third kappa shape index (κ3) is 3.22. The Morgan fingerprint density at radius 2 is 1.97 bits per heavy atom. The summed E-state index contributed by atoms with van der Waals surface area (Å²) in [7, 11) is 0. The first-order valence-electron chi connectivity index (χ1n) is 9.89. The Kier molecular flexibility index (Phi) is 4.79. The fraction of sp³-hybridized carbons (Fsp3) is 0.304. The highest BCUT2D eigenvalue weighted by atomic mass is 79.9. The molecule has 0 saturated carbocycles. The van der Waals surface area contributed by atoms with Crippen molar-refractivity contribution in [3.05, 3.63) is 81.8 Å². The molecule has 3 atom stereocenters. The minimum atomic E-state index is 0.0302. The first-order chi connectivity index (χ1) is 14.0. The number of nitrogens with zero attached hydrogens (tertiary/aromatic N) is 4. The van der Waals surface area contributed by atoms with Gasteiger partial charge < -0.3 is 9.47 Å². The largest absolute Gasteiger partial charge is 0.341 e. The first kappa shape index (κ1) is 18.9. The summed E-state index contributed by atoms with van der Waals surface area (Å²) >= 11 is 5.50. The predicted octanol–water partition coefficient (Wildman–Crippen LogP) is 5.84. The van der Waals surface area contributed by atoms with Crippen LogP contribution in [0.3, 0.4) is 0 Å². The van der Waals surface area contributed by atoms with E-state index in [-0.39, 0.29) is 12.1 Å². The van der Waals surface area contributed by atoms with Gasteiger partial charge >= 0.3 is 0 Å². The molecule has 0 spiro atoms. The van der Waals surface area contributed by atoms with E-state index in [4.69, 9.17) is 4.99 Å². The standard InChI is InChI=1S/C23H23BrN4S/c1-14-11-19(16(3)28(14)18-8-6-7-17(24)12-18)22-21(20-9-4-5-10-25-20)26-23-27(22)13-15(2)29-23/h4-12,15,21-22H,13H2,1-3H3/t15-,21+,22-/m1/s1. The summed E-state index contributed by atoms with van der Waals surface area (Å²) < 4.78 is 3.44. The molecule has 3 aromatic rings. The molecule has 4 heterocycles. The number of aromatic nitrogens is 2. The van der Waals surface area contributed by atoms with Gasteiger partial charge in [0.2, 0.25) is 0 Å². The Labute approximate surface area is 184 Å². The van der Waals surface area contributed by atoms with Crippen molar-refractivity contribution < 1.29 is 0 Å². The maximum Gasteiger partial charge on any atom is 0.160 e. The zero-order valence-corrected chi connectivity index (χ0v) is 19.1. The van der Waals surface area contributed by atoms with Crippen LogP contribution >= 0.6 is 27.7 Å². The van der Waals surface area contributed by atoms with Gasteiger partial charge in [0.05, 0.1) is 11.7 Å². The van der Waals surface area contributed by atoms with Crippen LogP contribution in [0, 0.1) is 13.8 Å². The lowest BCUT2D eigenvalue weighted by atomic mass is 9.96. The van der Waals surface area contributed by atoms with Gasteiger partial charge in [-0.3, -0.25) is 9.98 Å². The SMILES string of the molecule is Cc1cc([C@@H]2[C@H](c3ccccn3)N=C3S[C@H](C)CN32)c(C)n1-c1cccc(Br)c1. The van der Waals surface area contributed by atoms with E-state index in [1.807, 2.05) is 24.0 Å². The maximum absolute atomic E-state index is 5.12. The molecule has 5 rings (SSSR count). The van der Waals surface area contributed by atoms with Crippen LogP contribution in [0.1, 0.15) is 41.7 Å². The van der Waals surface area contributed by atoms with Crippen LogP contribution in [0.2, 0.25) is 0 Å². The smallest absolute Gasteiger partial charge is 0.160 e. The highest BCUT2D eigenvalue weighted by molar-refractivity contribution is 9.10. The molecule has 148 valence electrons. The van der Waals surface area contributed by atoms with Crippen LogP contribution in [-0.2, 0) is 0 Å². The average molecular weight is 467 g/mol. The fourth-order valence-corrected chi connectivity index (χ4v) is 6.03.